The third-order valence-electron chi connectivity index (χ3n) is 3.74. The quantitative estimate of drug-likeness (QED) is 0.686. The van der Waals surface area contributed by atoms with E-state index in [1.54, 1.807) is 6.07 Å². The maximum atomic E-state index is 12.2. The third-order valence-corrected chi connectivity index (χ3v) is 3.74. The van der Waals surface area contributed by atoms with Crippen LogP contribution < -0.4 is 16.4 Å². The predicted molar refractivity (Wildman–Crippen MR) is 96.7 cm³/mol. The summed E-state index contributed by atoms with van der Waals surface area (Å²) in [5.74, 6) is -0.0995. The molecule has 0 aromatic heterocycles. The molecule has 122 valence electrons. The molecule has 4 heteroatoms. The molecule has 0 radical (unpaired) electrons. The lowest BCUT2D eigenvalue weighted by Crippen LogP contribution is -2.25. The number of rotatable bonds is 7. The molecule has 0 aliphatic carbocycles. The molecule has 0 saturated carbocycles. The molecule has 0 saturated heterocycles. The average molecular weight is 311 g/mol. The van der Waals surface area contributed by atoms with E-state index in [4.69, 9.17) is 5.73 Å². The van der Waals surface area contributed by atoms with E-state index in [1.807, 2.05) is 25.1 Å². The van der Waals surface area contributed by atoms with Crippen molar-refractivity contribution in [3.8, 4) is 0 Å². The van der Waals surface area contributed by atoms with Crippen LogP contribution >= 0.6 is 0 Å². The van der Waals surface area contributed by atoms with Crippen LogP contribution in [0.2, 0.25) is 0 Å². The first-order valence-electron chi connectivity index (χ1n) is 8.08. The fraction of sp³-hybridized carbons (Fsp3) is 0.316. The lowest BCUT2D eigenvalue weighted by molar-refractivity contribution is 0.0956. The van der Waals surface area contributed by atoms with Crippen molar-refractivity contribution in [2.24, 2.45) is 0 Å². The van der Waals surface area contributed by atoms with E-state index in [1.165, 1.54) is 5.56 Å². The summed E-state index contributed by atoms with van der Waals surface area (Å²) in [6.45, 7) is 4.62. The van der Waals surface area contributed by atoms with Gasteiger partial charge in [0.2, 0.25) is 0 Å². The first-order valence-corrected chi connectivity index (χ1v) is 8.08. The second kappa shape index (κ2) is 8.22. The molecule has 2 rings (SSSR count). The molecule has 0 bridgehead atoms. The third kappa shape index (κ3) is 5.02. The van der Waals surface area contributed by atoms with Gasteiger partial charge in [-0.25, -0.2) is 0 Å². The van der Waals surface area contributed by atoms with Crippen LogP contribution in [0.15, 0.2) is 48.5 Å². The Morgan fingerprint density at radius 2 is 1.91 bits per heavy atom. The monoisotopic (exact) mass is 311 g/mol. The molecule has 0 heterocycles. The SMILES string of the molecule is CCNC(=O)c1cc(N)ccc1NC(C)CCc1ccccc1. The highest BCUT2D eigenvalue weighted by Gasteiger charge is 2.13. The van der Waals surface area contributed by atoms with Crippen molar-refractivity contribution in [1.82, 2.24) is 5.32 Å². The zero-order valence-corrected chi connectivity index (χ0v) is 13.8. The van der Waals surface area contributed by atoms with Crippen LogP contribution in [0.3, 0.4) is 0 Å². The molecular formula is C19H25N3O. The number of carbonyl (C=O) groups is 1. The van der Waals surface area contributed by atoms with Crippen molar-refractivity contribution < 1.29 is 4.79 Å². The van der Waals surface area contributed by atoms with Gasteiger partial charge in [0, 0.05) is 24.0 Å². The summed E-state index contributed by atoms with van der Waals surface area (Å²) in [5, 5.41) is 6.26. The smallest absolute Gasteiger partial charge is 0.253 e. The number of hydrogen-bond donors (Lipinski definition) is 3. The Morgan fingerprint density at radius 3 is 2.61 bits per heavy atom. The average Bonchev–Trinajstić information content (AvgIpc) is 2.56. The van der Waals surface area contributed by atoms with Gasteiger partial charge < -0.3 is 16.4 Å². The van der Waals surface area contributed by atoms with Crippen molar-refractivity contribution in [2.75, 3.05) is 17.6 Å². The van der Waals surface area contributed by atoms with Gasteiger partial charge in [-0.1, -0.05) is 30.3 Å². The van der Waals surface area contributed by atoms with E-state index < -0.39 is 0 Å². The Kier molecular flexibility index (Phi) is 6.03. The largest absolute Gasteiger partial charge is 0.399 e. The molecule has 2 aromatic carbocycles. The summed E-state index contributed by atoms with van der Waals surface area (Å²) in [6.07, 6.45) is 1.99. The number of hydrogen-bond acceptors (Lipinski definition) is 3. The van der Waals surface area contributed by atoms with Crippen LogP contribution in [0.4, 0.5) is 11.4 Å². The highest BCUT2D eigenvalue weighted by Crippen LogP contribution is 2.21. The van der Waals surface area contributed by atoms with Crippen molar-refractivity contribution in [3.63, 3.8) is 0 Å². The standard InChI is InChI=1S/C19H25N3O/c1-3-21-19(23)17-13-16(20)11-12-18(17)22-14(2)9-10-15-7-5-4-6-8-15/h4-8,11-14,22H,3,9-10,20H2,1-2H3,(H,21,23). The Balaban J connectivity index is 2.02. The van der Waals surface area contributed by atoms with Crippen molar-refractivity contribution in [2.45, 2.75) is 32.7 Å². The van der Waals surface area contributed by atoms with Gasteiger partial charge in [-0.05, 0) is 50.5 Å². The Labute approximate surface area is 138 Å². The molecule has 2 aromatic rings. The van der Waals surface area contributed by atoms with Gasteiger partial charge in [-0.15, -0.1) is 0 Å². The second-order valence-electron chi connectivity index (χ2n) is 5.73. The molecule has 0 aliphatic rings. The fourth-order valence-corrected chi connectivity index (χ4v) is 2.50. The van der Waals surface area contributed by atoms with E-state index in [2.05, 4.69) is 41.8 Å². The number of benzene rings is 2. The highest BCUT2D eigenvalue weighted by molar-refractivity contribution is 6.00. The highest BCUT2D eigenvalue weighted by atomic mass is 16.1. The van der Waals surface area contributed by atoms with Gasteiger partial charge in [-0.2, -0.15) is 0 Å². The van der Waals surface area contributed by atoms with Crippen molar-refractivity contribution in [3.05, 3.63) is 59.7 Å². The minimum absolute atomic E-state index is 0.0995. The van der Waals surface area contributed by atoms with Crippen molar-refractivity contribution >= 4 is 17.3 Å². The Morgan fingerprint density at radius 1 is 1.17 bits per heavy atom. The van der Waals surface area contributed by atoms with E-state index in [0.29, 0.717) is 17.8 Å². The first-order chi connectivity index (χ1) is 11.1. The molecule has 4 N–H and O–H groups in total. The van der Waals surface area contributed by atoms with Crippen LogP contribution in [0.1, 0.15) is 36.2 Å². The van der Waals surface area contributed by atoms with Gasteiger partial charge >= 0.3 is 0 Å². The van der Waals surface area contributed by atoms with Crippen LogP contribution in [0, 0.1) is 0 Å². The summed E-state index contributed by atoms with van der Waals surface area (Å²) < 4.78 is 0. The number of anilines is 2. The summed E-state index contributed by atoms with van der Waals surface area (Å²) in [6, 6.07) is 16.1. The summed E-state index contributed by atoms with van der Waals surface area (Å²) >= 11 is 0. The van der Waals surface area contributed by atoms with E-state index >= 15 is 0 Å². The topological polar surface area (TPSA) is 67.2 Å². The minimum Gasteiger partial charge on any atom is -0.399 e. The van der Waals surface area contributed by atoms with E-state index in [0.717, 1.165) is 18.5 Å². The van der Waals surface area contributed by atoms with E-state index in [-0.39, 0.29) is 11.9 Å². The summed E-state index contributed by atoms with van der Waals surface area (Å²) in [4.78, 5) is 12.2. The first kappa shape index (κ1) is 16.9. The molecule has 1 amide bonds. The Hall–Kier alpha value is -2.49. The van der Waals surface area contributed by atoms with Gasteiger partial charge in [0.15, 0.2) is 0 Å². The maximum absolute atomic E-state index is 12.2. The lowest BCUT2D eigenvalue weighted by atomic mass is 10.0. The number of amides is 1. The van der Waals surface area contributed by atoms with Gasteiger partial charge in [0.1, 0.15) is 0 Å². The zero-order valence-electron chi connectivity index (χ0n) is 13.8. The molecule has 0 spiro atoms. The fourth-order valence-electron chi connectivity index (χ4n) is 2.50. The van der Waals surface area contributed by atoms with Crippen LogP contribution in [-0.2, 0) is 6.42 Å². The number of nitrogens with two attached hydrogens (primary N) is 1. The minimum atomic E-state index is -0.0995. The number of carbonyl (C=O) groups excluding carboxylic acids is 1. The van der Waals surface area contributed by atoms with Crippen LogP contribution in [-0.4, -0.2) is 18.5 Å². The van der Waals surface area contributed by atoms with Crippen molar-refractivity contribution in [1.29, 1.82) is 0 Å². The molecule has 23 heavy (non-hydrogen) atoms. The molecule has 0 fully saturated rings. The molecule has 0 aliphatic heterocycles. The molecular weight excluding hydrogens is 286 g/mol. The van der Waals surface area contributed by atoms with Crippen LogP contribution in [0.5, 0.6) is 0 Å². The molecule has 1 atom stereocenters. The van der Waals surface area contributed by atoms with E-state index in [9.17, 15) is 4.79 Å². The maximum Gasteiger partial charge on any atom is 0.253 e. The second-order valence-corrected chi connectivity index (χ2v) is 5.73. The van der Waals surface area contributed by atoms with Gasteiger partial charge in [-0.3, -0.25) is 4.79 Å². The number of nitrogen functional groups attached to an aromatic ring is 1. The molecule has 1 unspecified atom stereocenters. The van der Waals surface area contributed by atoms with Gasteiger partial charge in [0.05, 0.1) is 5.56 Å². The molecule has 4 nitrogen and oxygen atoms in total. The lowest BCUT2D eigenvalue weighted by Gasteiger charge is -2.18. The number of aryl methyl sites for hydroxylation is 1. The number of nitrogens with one attached hydrogen (secondary N) is 2. The van der Waals surface area contributed by atoms with Crippen LogP contribution in [0.25, 0.3) is 0 Å². The summed E-state index contributed by atoms with van der Waals surface area (Å²) in [5.41, 5.74) is 9.15. The summed E-state index contributed by atoms with van der Waals surface area (Å²) in [7, 11) is 0. The van der Waals surface area contributed by atoms with Gasteiger partial charge in [0.25, 0.3) is 5.91 Å². The zero-order chi connectivity index (χ0) is 16.7. The Bertz CT molecular complexity index is 640. The predicted octanol–water partition coefficient (Wildman–Crippen LogP) is 3.45. The normalized spacial score (nSPS) is 11.7.